The first-order valence-corrected chi connectivity index (χ1v) is 21.2. The van der Waals surface area contributed by atoms with Gasteiger partial charge in [0.2, 0.25) is 0 Å². The van der Waals surface area contributed by atoms with Crippen LogP contribution >= 0.6 is 19.4 Å². The van der Waals surface area contributed by atoms with Crippen molar-refractivity contribution in [2.75, 3.05) is 4.90 Å². The SMILES string of the molecule is CC(C)Oc1ccc(OON)cc1[CH]=[Ru]([Cl])[Cl].CCc1cccc(CC)c1N1[CH-][C@@](C)(Cc2ccc(C(C)C)cc2)CC1(C)C. The molecule has 0 saturated carbocycles. The summed E-state index contributed by atoms with van der Waals surface area (Å²) in [5.74, 6) is 6.57. The Morgan fingerprint density at radius 2 is 1.58 bits per heavy atom. The van der Waals surface area contributed by atoms with Crippen LogP contribution in [-0.2, 0) is 37.8 Å². The van der Waals surface area contributed by atoms with Gasteiger partial charge in [0.1, 0.15) is 0 Å². The van der Waals surface area contributed by atoms with Gasteiger partial charge in [0.15, 0.2) is 0 Å². The first-order chi connectivity index (χ1) is 21.2. The third kappa shape index (κ3) is 10.5. The van der Waals surface area contributed by atoms with E-state index < -0.39 is 13.5 Å². The van der Waals surface area contributed by atoms with Crippen LogP contribution in [0.2, 0.25) is 0 Å². The van der Waals surface area contributed by atoms with E-state index in [2.05, 4.69) is 107 Å². The van der Waals surface area contributed by atoms with Crippen LogP contribution in [0.1, 0.15) is 102 Å². The standard InChI is InChI=1S/C27H38N.C10H13NO3.2ClH.Ru/c1-8-22-11-10-12-23(9-2)25(22)28-19-27(7,18-26(28,5)6)17-21-13-15-24(16-14-21)20(3)4;1-7(2)12-10-5-4-9(13-14-11)6-8(10)3;;;/h10-16,19-20H,8-9,17-18H2,1-7H3;3-7H,11H2,1-2H3;2*1H;/q-1;;;;+2/p-2/t27-;;;;/m0..../s1. The number of benzene rings is 3. The van der Waals surface area contributed by atoms with Crippen molar-refractivity contribution in [2.45, 2.75) is 106 Å². The molecule has 0 amide bonds. The molecule has 0 aromatic heterocycles. The molecule has 1 aliphatic heterocycles. The summed E-state index contributed by atoms with van der Waals surface area (Å²) in [4.78, 5) is 11.4. The average molecular weight is 744 g/mol. The van der Waals surface area contributed by atoms with Gasteiger partial charge in [-0.3, -0.25) is 0 Å². The van der Waals surface area contributed by atoms with E-state index in [0.29, 0.717) is 17.4 Å². The first-order valence-electron chi connectivity index (χ1n) is 15.7. The zero-order chi connectivity index (χ0) is 33.4. The molecule has 1 aliphatic rings. The van der Waals surface area contributed by atoms with Gasteiger partial charge in [-0.1, -0.05) is 83.5 Å². The van der Waals surface area contributed by atoms with Crippen LogP contribution < -0.4 is 20.4 Å². The summed E-state index contributed by atoms with van der Waals surface area (Å²) >= 11 is -1.94. The summed E-state index contributed by atoms with van der Waals surface area (Å²) in [5, 5.41) is 0. The maximum atomic E-state index is 5.85. The predicted octanol–water partition coefficient (Wildman–Crippen LogP) is 10.1. The molecule has 0 spiro atoms. The van der Waals surface area contributed by atoms with Crippen LogP contribution in [0.25, 0.3) is 0 Å². The zero-order valence-electron chi connectivity index (χ0n) is 28.3. The maximum absolute atomic E-state index is 5.85. The number of hydrogen-bond acceptors (Lipinski definition) is 5. The third-order valence-corrected chi connectivity index (χ3v) is 9.90. The van der Waals surface area contributed by atoms with E-state index in [1.165, 1.54) is 34.4 Å². The molecule has 0 unspecified atom stereocenters. The topological polar surface area (TPSA) is 57.0 Å². The number of nitrogens with two attached hydrogens (primary N) is 1. The van der Waals surface area contributed by atoms with Gasteiger partial charge in [0.25, 0.3) is 0 Å². The monoisotopic (exact) mass is 743 g/mol. The number of hydrogen-bond donors (Lipinski definition) is 1. The van der Waals surface area contributed by atoms with E-state index in [4.69, 9.17) is 34.9 Å². The number of aryl methyl sites for hydroxylation is 2. The van der Waals surface area contributed by atoms with E-state index >= 15 is 0 Å². The average Bonchev–Trinajstić information content (AvgIpc) is 3.21. The molecule has 5 nitrogen and oxygen atoms in total. The predicted molar refractivity (Wildman–Crippen MR) is 188 cm³/mol. The normalized spacial score (nSPS) is 17.6. The van der Waals surface area contributed by atoms with Crippen molar-refractivity contribution in [1.29, 1.82) is 0 Å². The Morgan fingerprint density at radius 1 is 0.956 bits per heavy atom. The fraction of sp³-hybridized carbons (Fsp3) is 0.459. The molecular weight excluding hydrogens is 692 g/mol. The van der Waals surface area contributed by atoms with Crippen molar-refractivity contribution < 1.29 is 28.1 Å². The summed E-state index contributed by atoms with van der Waals surface area (Å²) in [5.41, 5.74) is 8.34. The molecule has 45 heavy (non-hydrogen) atoms. The van der Waals surface area contributed by atoms with Crippen LogP contribution in [0.15, 0.2) is 60.7 Å². The van der Waals surface area contributed by atoms with Crippen LogP contribution in [0.5, 0.6) is 11.5 Å². The van der Waals surface area contributed by atoms with Crippen LogP contribution in [-0.4, -0.2) is 16.3 Å². The minimum absolute atomic E-state index is 0.0611. The van der Waals surface area contributed by atoms with Gasteiger partial charge in [0, 0.05) is 11.2 Å². The molecule has 1 atom stereocenters. The van der Waals surface area contributed by atoms with Crippen molar-refractivity contribution in [3.8, 4) is 11.5 Å². The molecule has 0 radical (unpaired) electrons. The van der Waals surface area contributed by atoms with Crippen molar-refractivity contribution in [3.63, 3.8) is 0 Å². The number of rotatable bonds is 11. The molecule has 0 bridgehead atoms. The van der Waals surface area contributed by atoms with Crippen molar-refractivity contribution >= 4 is 29.7 Å². The molecule has 3 aromatic rings. The number of halogens is 2. The van der Waals surface area contributed by atoms with E-state index in [1.54, 1.807) is 22.8 Å². The van der Waals surface area contributed by atoms with Gasteiger partial charge in [-0.25, -0.2) is 6.54 Å². The van der Waals surface area contributed by atoms with Crippen LogP contribution in [0.4, 0.5) is 5.69 Å². The summed E-state index contributed by atoms with van der Waals surface area (Å²) < 4.78 is 7.40. The molecule has 1 fully saturated rings. The number of nitrogens with zero attached hydrogens (tertiary/aromatic N) is 1. The van der Waals surface area contributed by atoms with E-state index in [1.807, 2.05) is 13.8 Å². The zero-order valence-corrected chi connectivity index (χ0v) is 31.5. The molecule has 3 aromatic carbocycles. The summed E-state index contributed by atoms with van der Waals surface area (Å²) in [6.07, 6.45) is 4.49. The fourth-order valence-electron chi connectivity index (χ4n) is 6.25. The Hall–Kier alpha value is -1.95. The van der Waals surface area contributed by atoms with Crippen molar-refractivity contribution in [3.05, 3.63) is 95.0 Å². The van der Waals surface area contributed by atoms with E-state index in [0.717, 1.165) is 24.8 Å². The number of ether oxygens (including phenoxy) is 1. The van der Waals surface area contributed by atoms with Crippen LogP contribution in [0.3, 0.4) is 0 Å². The Balaban J connectivity index is 0.000000279. The Bertz CT molecular complexity index is 1400. The largest absolute Gasteiger partial charge is 0.517 e. The van der Waals surface area contributed by atoms with Gasteiger partial charge in [0.05, 0.1) is 0 Å². The molecular formula is C37H51Cl2N2O3Ru-. The Kier molecular flexibility index (Phi) is 14.0. The van der Waals surface area contributed by atoms with Gasteiger partial charge >= 0.3 is 113 Å². The maximum Gasteiger partial charge on any atom is 0.0140 e. The van der Waals surface area contributed by atoms with E-state index in [9.17, 15) is 0 Å². The molecule has 1 saturated heterocycles. The summed E-state index contributed by atoms with van der Waals surface area (Å²) in [6.45, 7) is 22.7. The Morgan fingerprint density at radius 3 is 2.09 bits per heavy atom. The second kappa shape index (κ2) is 16.7. The fourth-order valence-corrected chi connectivity index (χ4v) is 8.03. The number of para-hydroxylation sites is 1. The minimum Gasteiger partial charge on any atom is -0.517 e. The second-order valence-electron chi connectivity index (χ2n) is 13.2. The first kappa shape index (κ1) is 37.5. The second-order valence-corrected chi connectivity index (χ2v) is 18.9. The third-order valence-electron chi connectivity index (χ3n) is 8.06. The molecule has 0 aliphatic carbocycles. The number of anilines is 1. The van der Waals surface area contributed by atoms with E-state index in [-0.39, 0.29) is 17.1 Å². The van der Waals surface area contributed by atoms with Gasteiger partial charge in [-0.05, 0) is 61.3 Å². The molecule has 1 heterocycles. The summed E-state index contributed by atoms with van der Waals surface area (Å²) in [7, 11) is 11.7. The molecule has 2 N–H and O–H groups in total. The van der Waals surface area contributed by atoms with Crippen molar-refractivity contribution in [1.82, 2.24) is 0 Å². The van der Waals surface area contributed by atoms with Gasteiger partial charge in [-0.2, -0.15) is 0 Å². The van der Waals surface area contributed by atoms with Crippen molar-refractivity contribution in [2.24, 2.45) is 11.3 Å². The minimum atomic E-state index is -1.94. The summed E-state index contributed by atoms with van der Waals surface area (Å²) in [6, 6.07) is 21.3. The molecule has 250 valence electrons. The van der Waals surface area contributed by atoms with Gasteiger partial charge in [-0.15, -0.1) is 5.41 Å². The smallest absolute Gasteiger partial charge is 0.0140 e. The molecule has 4 rings (SSSR count). The van der Waals surface area contributed by atoms with Crippen LogP contribution in [0, 0.1) is 12.0 Å². The van der Waals surface area contributed by atoms with Gasteiger partial charge < -0.3 is 4.90 Å². The Labute approximate surface area is 284 Å². The molecule has 8 heteroatoms. The quantitative estimate of drug-likeness (QED) is 0.0918.